The van der Waals surface area contributed by atoms with Gasteiger partial charge >= 0.3 is 0 Å². The zero-order valence-corrected chi connectivity index (χ0v) is 17.3. The fourth-order valence-electron chi connectivity index (χ4n) is 3.58. The lowest BCUT2D eigenvalue weighted by Gasteiger charge is -2.23. The molecule has 2 aromatic rings. The predicted molar refractivity (Wildman–Crippen MR) is 114 cm³/mol. The number of guanidine groups is 1. The second-order valence-electron chi connectivity index (χ2n) is 7.60. The number of likely N-dealkylation sites (N-methyl/N-ethyl adjacent to an activating group) is 1. The summed E-state index contributed by atoms with van der Waals surface area (Å²) in [6.07, 6.45) is 4.39. The van der Waals surface area contributed by atoms with Crippen LogP contribution in [0, 0.1) is 0 Å². The van der Waals surface area contributed by atoms with E-state index in [0.29, 0.717) is 0 Å². The molecular formula is C22H33N5O. The number of hydrogen-bond acceptors (Lipinski definition) is 4. The van der Waals surface area contributed by atoms with E-state index in [2.05, 4.69) is 63.8 Å². The quantitative estimate of drug-likeness (QED) is 0.542. The third-order valence-corrected chi connectivity index (χ3v) is 5.27. The molecule has 0 bridgehead atoms. The average molecular weight is 384 g/mol. The van der Waals surface area contributed by atoms with Crippen molar-refractivity contribution < 1.29 is 4.42 Å². The highest BCUT2D eigenvalue weighted by Gasteiger charge is 2.17. The molecule has 0 saturated carbocycles. The van der Waals surface area contributed by atoms with Gasteiger partial charge in [-0.15, -0.1) is 0 Å². The van der Waals surface area contributed by atoms with Crippen LogP contribution in [0.1, 0.15) is 35.8 Å². The topological polar surface area (TPSA) is 56.0 Å². The molecule has 0 aliphatic carbocycles. The Morgan fingerprint density at radius 1 is 1.11 bits per heavy atom. The Morgan fingerprint density at radius 3 is 2.43 bits per heavy atom. The third-order valence-electron chi connectivity index (χ3n) is 5.27. The number of nitrogens with one attached hydrogen (secondary N) is 2. The molecule has 1 aliphatic heterocycles. The molecule has 1 saturated heterocycles. The van der Waals surface area contributed by atoms with Gasteiger partial charge in [-0.1, -0.05) is 24.3 Å². The molecule has 28 heavy (non-hydrogen) atoms. The van der Waals surface area contributed by atoms with Crippen LogP contribution >= 0.6 is 0 Å². The smallest absolute Gasteiger partial charge is 0.191 e. The Hall–Kier alpha value is -2.31. The summed E-state index contributed by atoms with van der Waals surface area (Å²) in [6.45, 7) is 5.00. The Balaban J connectivity index is 1.47. The lowest BCUT2D eigenvalue weighted by Crippen LogP contribution is -2.41. The second kappa shape index (κ2) is 10.3. The summed E-state index contributed by atoms with van der Waals surface area (Å²) < 4.78 is 5.57. The van der Waals surface area contributed by atoms with Crippen molar-refractivity contribution in [2.75, 3.05) is 40.8 Å². The van der Waals surface area contributed by atoms with Crippen LogP contribution in [-0.2, 0) is 13.1 Å². The van der Waals surface area contributed by atoms with E-state index in [1.54, 1.807) is 13.3 Å². The van der Waals surface area contributed by atoms with Gasteiger partial charge < -0.3 is 15.1 Å². The van der Waals surface area contributed by atoms with E-state index in [-0.39, 0.29) is 6.04 Å². The van der Waals surface area contributed by atoms with E-state index in [1.165, 1.54) is 37.1 Å². The van der Waals surface area contributed by atoms with E-state index in [9.17, 15) is 0 Å². The minimum atomic E-state index is 0.151. The van der Waals surface area contributed by atoms with Crippen LogP contribution in [0.2, 0.25) is 0 Å². The van der Waals surface area contributed by atoms with Gasteiger partial charge in [0.15, 0.2) is 5.96 Å². The van der Waals surface area contributed by atoms with Crippen LogP contribution in [0.4, 0.5) is 0 Å². The van der Waals surface area contributed by atoms with Crippen molar-refractivity contribution in [2.45, 2.75) is 32.0 Å². The summed E-state index contributed by atoms with van der Waals surface area (Å²) in [5, 5.41) is 6.80. The molecular weight excluding hydrogens is 350 g/mol. The van der Waals surface area contributed by atoms with Crippen molar-refractivity contribution in [3.05, 3.63) is 59.5 Å². The van der Waals surface area contributed by atoms with Gasteiger partial charge in [0, 0.05) is 26.7 Å². The predicted octanol–water partition coefficient (Wildman–Crippen LogP) is 2.84. The van der Waals surface area contributed by atoms with Crippen LogP contribution in [0.3, 0.4) is 0 Å². The molecule has 1 aromatic carbocycles. The minimum absolute atomic E-state index is 0.151. The number of nitrogens with zero attached hydrogens (tertiary/aromatic N) is 3. The Kier molecular flexibility index (Phi) is 7.51. The molecule has 1 aliphatic rings. The summed E-state index contributed by atoms with van der Waals surface area (Å²) in [6, 6.07) is 13.0. The lowest BCUT2D eigenvalue weighted by atomic mass is 10.1. The highest BCUT2D eigenvalue weighted by atomic mass is 16.3. The van der Waals surface area contributed by atoms with Crippen molar-refractivity contribution in [1.82, 2.24) is 20.4 Å². The van der Waals surface area contributed by atoms with E-state index < -0.39 is 0 Å². The fourth-order valence-corrected chi connectivity index (χ4v) is 3.58. The molecule has 6 nitrogen and oxygen atoms in total. The summed E-state index contributed by atoms with van der Waals surface area (Å²) in [5.41, 5.74) is 2.64. The highest BCUT2D eigenvalue weighted by molar-refractivity contribution is 5.79. The number of furan rings is 1. The van der Waals surface area contributed by atoms with Crippen LogP contribution in [0.5, 0.6) is 0 Å². The second-order valence-corrected chi connectivity index (χ2v) is 7.60. The zero-order chi connectivity index (χ0) is 19.8. The molecule has 0 radical (unpaired) electrons. The maximum Gasteiger partial charge on any atom is 0.191 e. The minimum Gasteiger partial charge on any atom is -0.468 e. The molecule has 1 fully saturated rings. The molecule has 6 heteroatoms. The molecule has 1 unspecified atom stereocenters. The molecule has 1 atom stereocenters. The van der Waals surface area contributed by atoms with Crippen molar-refractivity contribution in [1.29, 1.82) is 0 Å². The maximum absolute atomic E-state index is 5.57. The van der Waals surface area contributed by atoms with Gasteiger partial charge in [-0.3, -0.25) is 14.8 Å². The SMILES string of the molecule is CN=C(NCc1ccc(CN2CCCC2)cc1)NCC(c1ccco1)N(C)C. The van der Waals surface area contributed by atoms with Crippen molar-refractivity contribution in [2.24, 2.45) is 4.99 Å². The Morgan fingerprint density at radius 2 is 1.82 bits per heavy atom. The summed E-state index contributed by atoms with van der Waals surface area (Å²) >= 11 is 0. The number of aliphatic imine (C=N–C) groups is 1. The van der Waals surface area contributed by atoms with Crippen molar-refractivity contribution >= 4 is 5.96 Å². The van der Waals surface area contributed by atoms with Gasteiger partial charge in [-0.25, -0.2) is 0 Å². The largest absolute Gasteiger partial charge is 0.468 e. The highest BCUT2D eigenvalue weighted by Crippen LogP contribution is 2.17. The van der Waals surface area contributed by atoms with E-state index in [1.807, 2.05) is 12.1 Å². The summed E-state index contributed by atoms with van der Waals surface area (Å²) in [5.74, 6) is 1.74. The number of hydrogen-bond donors (Lipinski definition) is 2. The zero-order valence-electron chi connectivity index (χ0n) is 17.3. The molecule has 152 valence electrons. The third kappa shape index (κ3) is 5.84. The number of rotatable bonds is 8. The molecule has 0 amide bonds. The first-order valence-corrected chi connectivity index (χ1v) is 10.1. The van der Waals surface area contributed by atoms with E-state index in [0.717, 1.165) is 31.4 Å². The maximum atomic E-state index is 5.57. The van der Waals surface area contributed by atoms with Gasteiger partial charge in [-0.2, -0.15) is 0 Å². The van der Waals surface area contributed by atoms with E-state index in [4.69, 9.17) is 4.42 Å². The van der Waals surface area contributed by atoms with Crippen molar-refractivity contribution in [3.63, 3.8) is 0 Å². The first-order valence-electron chi connectivity index (χ1n) is 10.1. The normalized spacial score (nSPS) is 16.5. The molecule has 1 aromatic heterocycles. The molecule has 2 N–H and O–H groups in total. The van der Waals surface area contributed by atoms with Crippen LogP contribution in [0.25, 0.3) is 0 Å². The van der Waals surface area contributed by atoms with Crippen LogP contribution in [0.15, 0.2) is 52.1 Å². The summed E-state index contributed by atoms with van der Waals surface area (Å²) in [7, 11) is 5.90. The Bertz CT molecular complexity index is 718. The average Bonchev–Trinajstić information content (AvgIpc) is 3.40. The first-order chi connectivity index (χ1) is 13.7. The first kappa shape index (κ1) is 20.4. The van der Waals surface area contributed by atoms with Gasteiger partial charge in [0.25, 0.3) is 0 Å². The van der Waals surface area contributed by atoms with Gasteiger partial charge in [-0.05, 0) is 63.3 Å². The van der Waals surface area contributed by atoms with Gasteiger partial charge in [0.1, 0.15) is 5.76 Å². The summed E-state index contributed by atoms with van der Waals surface area (Å²) in [4.78, 5) is 9.00. The lowest BCUT2D eigenvalue weighted by molar-refractivity contribution is 0.258. The van der Waals surface area contributed by atoms with E-state index >= 15 is 0 Å². The number of benzene rings is 1. The van der Waals surface area contributed by atoms with Gasteiger partial charge in [0.05, 0.1) is 12.3 Å². The van der Waals surface area contributed by atoms with Gasteiger partial charge in [0.2, 0.25) is 0 Å². The monoisotopic (exact) mass is 383 g/mol. The standard InChI is InChI=1S/C22H33N5O/c1-23-22(25-16-20(26(2)3)21-7-6-14-28-21)24-15-18-8-10-19(11-9-18)17-27-12-4-5-13-27/h6-11,14,20H,4-5,12-13,15-17H2,1-3H3,(H2,23,24,25). The number of likely N-dealkylation sites (tertiary alicyclic amines) is 1. The molecule has 3 rings (SSSR count). The molecule has 2 heterocycles. The van der Waals surface area contributed by atoms with Crippen LogP contribution in [-0.4, -0.2) is 56.5 Å². The van der Waals surface area contributed by atoms with Crippen LogP contribution < -0.4 is 10.6 Å². The Labute approximate surface area is 168 Å². The van der Waals surface area contributed by atoms with Crippen molar-refractivity contribution in [3.8, 4) is 0 Å². The fraction of sp³-hybridized carbons (Fsp3) is 0.500. The molecule has 0 spiro atoms.